The summed E-state index contributed by atoms with van der Waals surface area (Å²) < 4.78 is 0.905. The largest absolute Gasteiger partial charge is 0.346 e. The van der Waals surface area contributed by atoms with Gasteiger partial charge in [-0.3, -0.25) is 0 Å². The first-order chi connectivity index (χ1) is 9.72. The van der Waals surface area contributed by atoms with E-state index in [-0.39, 0.29) is 0 Å². The van der Waals surface area contributed by atoms with Crippen LogP contribution in [0.2, 0.25) is 0 Å². The van der Waals surface area contributed by atoms with E-state index in [0.29, 0.717) is 5.41 Å². The molecule has 0 saturated heterocycles. The summed E-state index contributed by atoms with van der Waals surface area (Å²) in [5.74, 6) is 4.18. The fourth-order valence-electron chi connectivity index (χ4n) is 6.11. The molecule has 4 fully saturated rings. The van der Waals surface area contributed by atoms with E-state index < -0.39 is 0 Å². The first-order valence-electron chi connectivity index (χ1n) is 8.34. The van der Waals surface area contributed by atoms with Gasteiger partial charge < -0.3 is 4.98 Å². The molecule has 0 spiro atoms. The summed E-state index contributed by atoms with van der Waals surface area (Å²) in [6.45, 7) is 0. The zero-order valence-corrected chi connectivity index (χ0v) is 12.8. The van der Waals surface area contributed by atoms with Crippen LogP contribution in [-0.4, -0.2) is 9.97 Å². The second kappa shape index (κ2) is 3.94. The van der Waals surface area contributed by atoms with Gasteiger partial charge in [-0.05, 0) is 75.5 Å². The third-order valence-corrected chi connectivity index (χ3v) is 6.84. The molecule has 20 heavy (non-hydrogen) atoms. The first kappa shape index (κ1) is 11.9. The molecule has 0 amide bonds. The van der Waals surface area contributed by atoms with E-state index in [4.69, 9.17) is 17.2 Å². The lowest BCUT2D eigenvalue weighted by Gasteiger charge is -2.56. The molecule has 4 bridgehead atoms. The predicted octanol–water partition coefficient (Wildman–Crippen LogP) is 4.10. The van der Waals surface area contributed by atoms with E-state index in [2.05, 4.69) is 4.98 Å². The number of nitrogens with one attached hydrogen (secondary N) is 1. The van der Waals surface area contributed by atoms with Gasteiger partial charge in [-0.1, -0.05) is 12.2 Å². The van der Waals surface area contributed by atoms with Crippen molar-refractivity contribution >= 4 is 12.2 Å². The summed E-state index contributed by atoms with van der Waals surface area (Å²) in [6, 6.07) is 0. The summed E-state index contributed by atoms with van der Waals surface area (Å²) >= 11 is 5.59. The van der Waals surface area contributed by atoms with Gasteiger partial charge in [0.15, 0.2) is 0 Å². The highest BCUT2D eigenvalue weighted by atomic mass is 32.1. The van der Waals surface area contributed by atoms with Gasteiger partial charge in [0, 0.05) is 16.7 Å². The Morgan fingerprint density at radius 1 is 1.00 bits per heavy atom. The van der Waals surface area contributed by atoms with Crippen LogP contribution in [0.25, 0.3) is 0 Å². The number of rotatable bonds is 1. The molecule has 0 aromatic carbocycles. The normalized spacial score (nSPS) is 41.1. The number of aryl methyl sites for hydroxylation is 1. The van der Waals surface area contributed by atoms with Gasteiger partial charge in [-0.15, -0.1) is 0 Å². The molecule has 3 heteroatoms. The van der Waals surface area contributed by atoms with Crippen molar-refractivity contribution in [2.24, 2.45) is 17.8 Å². The molecule has 5 aliphatic rings. The van der Waals surface area contributed by atoms with Crippen molar-refractivity contribution in [2.75, 3.05) is 0 Å². The first-order valence-corrected chi connectivity index (χ1v) is 8.75. The Bertz CT molecular complexity index is 595. The SMILES string of the molecule is S=c1nc(C23CC4CC(CC(C4)C2)C3)[nH]c2c1CCC2. The summed E-state index contributed by atoms with van der Waals surface area (Å²) in [7, 11) is 0. The van der Waals surface area contributed by atoms with Crippen LogP contribution in [0.4, 0.5) is 0 Å². The Hall–Kier alpha value is -0.700. The van der Waals surface area contributed by atoms with Crippen LogP contribution >= 0.6 is 12.2 Å². The van der Waals surface area contributed by atoms with Crippen LogP contribution in [0.1, 0.15) is 62.0 Å². The molecule has 106 valence electrons. The third kappa shape index (κ3) is 1.56. The van der Waals surface area contributed by atoms with Crippen molar-refractivity contribution in [3.63, 3.8) is 0 Å². The zero-order valence-electron chi connectivity index (χ0n) is 12.0. The lowest BCUT2D eigenvalue weighted by molar-refractivity contribution is -0.00954. The molecule has 0 unspecified atom stereocenters. The fraction of sp³-hybridized carbons (Fsp3) is 0.765. The maximum Gasteiger partial charge on any atom is 0.133 e. The van der Waals surface area contributed by atoms with E-state index in [1.54, 1.807) is 0 Å². The molecule has 5 aliphatic carbocycles. The van der Waals surface area contributed by atoms with E-state index >= 15 is 0 Å². The summed E-state index contributed by atoms with van der Waals surface area (Å²) in [6.07, 6.45) is 12.2. The standard InChI is InChI=1S/C17H22N2S/c20-15-13-2-1-3-14(13)18-16(19-15)17-7-10-4-11(8-17)6-12(5-10)9-17/h10-12H,1-9H2,(H,18,19,20). The Balaban J connectivity index is 1.63. The molecule has 0 atom stereocenters. The van der Waals surface area contributed by atoms with Crippen molar-refractivity contribution in [3.8, 4) is 0 Å². The van der Waals surface area contributed by atoms with Gasteiger partial charge in [0.1, 0.15) is 10.5 Å². The highest BCUT2D eigenvalue weighted by Gasteiger charge is 2.53. The second-order valence-electron chi connectivity index (χ2n) is 7.90. The average Bonchev–Trinajstić information content (AvgIpc) is 2.86. The highest BCUT2D eigenvalue weighted by molar-refractivity contribution is 7.71. The molecule has 1 aromatic heterocycles. The number of hydrogen-bond donors (Lipinski definition) is 1. The third-order valence-electron chi connectivity index (χ3n) is 6.50. The Morgan fingerprint density at radius 3 is 2.30 bits per heavy atom. The Labute approximate surface area is 125 Å². The predicted molar refractivity (Wildman–Crippen MR) is 81.3 cm³/mol. The number of nitrogens with zero attached hydrogens (tertiary/aromatic N) is 1. The van der Waals surface area contributed by atoms with Gasteiger partial charge in [0.05, 0.1) is 0 Å². The van der Waals surface area contributed by atoms with Crippen molar-refractivity contribution in [2.45, 2.75) is 63.2 Å². The molecule has 6 rings (SSSR count). The quantitative estimate of drug-likeness (QED) is 0.788. The Kier molecular flexibility index (Phi) is 2.34. The molecule has 0 aliphatic heterocycles. The molecule has 0 radical (unpaired) electrons. The molecule has 1 aromatic rings. The molecule has 2 nitrogen and oxygen atoms in total. The van der Waals surface area contributed by atoms with Crippen LogP contribution in [-0.2, 0) is 18.3 Å². The molecular formula is C17H22N2S. The number of aromatic amines is 1. The summed E-state index contributed by atoms with van der Waals surface area (Å²) in [5.41, 5.74) is 3.11. The number of hydrogen-bond acceptors (Lipinski definition) is 2. The smallest absolute Gasteiger partial charge is 0.133 e. The van der Waals surface area contributed by atoms with Gasteiger partial charge in [0.2, 0.25) is 0 Å². The topological polar surface area (TPSA) is 28.7 Å². The zero-order chi connectivity index (χ0) is 13.3. The van der Waals surface area contributed by atoms with Crippen LogP contribution in [0, 0.1) is 22.4 Å². The molecule has 4 saturated carbocycles. The molecule has 1 N–H and O–H groups in total. The number of fused-ring (bicyclic) bond motifs is 1. The van der Waals surface area contributed by atoms with Crippen LogP contribution in [0.3, 0.4) is 0 Å². The maximum absolute atomic E-state index is 5.59. The van der Waals surface area contributed by atoms with E-state index in [1.807, 2.05) is 0 Å². The Morgan fingerprint density at radius 2 is 1.65 bits per heavy atom. The van der Waals surface area contributed by atoms with Gasteiger partial charge >= 0.3 is 0 Å². The monoisotopic (exact) mass is 286 g/mol. The van der Waals surface area contributed by atoms with Crippen molar-refractivity contribution in [1.29, 1.82) is 0 Å². The van der Waals surface area contributed by atoms with Gasteiger partial charge in [-0.2, -0.15) is 0 Å². The minimum Gasteiger partial charge on any atom is -0.346 e. The number of aromatic nitrogens is 2. The molecule has 1 heterocycles. The average molecular weight is 286 g/mol. The summed E-state index contributed by atoms with van der Waals surface area (Å²) in [4.78, 5) is 8.64. The van der Waals surface area contributed by atoms with Gasteiger partial charge in [0.25, 0.3) is 0 Å². The lowest BCUT2D eigenvalue weighted by atomic mass is 9.49. The van der Waals surface area contributed by atoms with Crippen molar-refractivity contribution in [1.82, 2.24) is 9.97 Å². The van der Waals surface area contributed by atoms with Gasteiger partial charge in [-0.25, -0.2) is 4.98 Å². The molecular weight excluding hydrogens is 264 g/mol. The highest BCUT2D eigenvalue weighted by Crippen LogP contribution is 2.60. The fourth-order valence-corrected chi connectivity index (χ4v) is 6.43. The van der Waals surface area contributed by atoms with Crippen LogP contribution in [0.15, 0.2) is 0 Å². The van der Waals surface area contributed by atoms with Crippen molar-refractivity contribution in [3.05, 3.63) is 21.7 Å². The number of H-pyrrole nitrogens is 1. The van der Waals surface area contributed by atoms with Crippen LogP contribution in [0.5, 0.6) is 0 Å². The minimum absolute atomic E-state index is 0.361. The second-order valence-corrected chi connectivity index (χ2v) is 8.29. The van der Waals surface area contributed by atoms with E-state index in [0.717, 1.165) is 28.8 Å². The van der Waals surface area contributed by atoms with E-state index in [9.17, 15) is 0 Å². The summed E-state index contributed by atoms with van der Waals surface area (Å²) in [5, 5.41) is 0. The maximum atomic E-state index is 5.59. The lowest BCUT2D eigenvalue weighted by Crippen LogP contribution is -2.49. The minimum atomic E-state index is 0.361. The van der Waals surface area contributed by atoms with Crippen molar-refractivity contribution < 1.29 is 0 Å². The van der Waals surface area contributed by atoms with Crippen LogP contribution < -0.4 is 0 Å². The van der Waals surface area contributed by atoms with E-state index in [1.165, 1.54) is 68.4 Å².